The van der Waals surface area contributed by atoms with E-state index in [1.165, 1.54) is 31.2 Å². The molecule has 2 saturated heterocycles. The van der Waals surface area contributed by atoms with Gasteiger partial charge in [-0.1, -0.05) is 36.4 Å². The zero-order chi connectivity index (χ0) is 17.1. The minimum absolute atomic E-state index is 0.389. The summed E-state index contributed by atoms with van der Waals surface area (Å²) in [7, 11) is 0. The van der Waals surface area contributed by atoms with Crippen LogP contribution in [0.1, 0.15) is 37.2 Å². The van der Waals surface area contributed by atoms with Gasteiger partial charge in [0.2, 0.25) is 0 Å². The van der Waals surface area contributed by atoms with E-state index in [1.54, 1.807) is 6.07 Å². The second-order valence-electron chi connectivity index (χ2n) is 7.78. The van der Waals surface area contributed by atoms with E-state index in [0.29, 0.717) is 29.6 Å². The van der Waals surface area contributed by atoms with E-state index in [9.17, 15) is 5.11 Å². The lowest BCUT2D eigenvalue weighted by atomic mass is 9.82. The third-order valence-corrected chi connectivity index (χ3v) is 6.10. The zero-order valence-corrected chi connectivity index (χ0v) is 14.9. The van der Waals surface area contributed by atoms with Crippen LogP contribution in [-0.4, -0.2) is 42.4 Å². The van der Waals surface area contributed by atoms with E-state index in [-0.39, 0.29) is 0 Å². The minimum Gasteiger partial charge on any atom is -0.508 e. The minimum atomic E-state index is 0.389. The Morgan fingerprint density at radius 1 is 1.04 bits per heavy atom. The molecule has 3 aliphatic rings. The maximum atomic E-state index is 9.70. The Bertz CT molecular complexity index is 627. The number of piperidine rings is 1. The van der Waals surface area contributed by atoms with E-state index in [4.69, 9.17) is 4.74 Å². The highest BCUT2D eigenvalue weighted by Gasteiger charge is 2.29. The van der Waals surface area contributed by atoms with Gasteiger partial charge in [-0.25, -0.2) is 0 Å². The van der Waals surface area contributed by atoms with Crippen molar-refractivity contribution in [3.8, 4) is 5.75 Å². The lowest BCUT2D eigenvalue weighted by Crippen LogP contribution is -2.39. The summed E-state index contributed by atoms with van der Waals surface area (Å²) in [5.74, 6) is 2.22. The Labute approximate surface area is 151 Å². The Morgan fingerprint density at radius 2 is 1.80 bits per heavy atom. The Kier molecular flexibility index (Phi) is 5.23. The van der Waals surface area contributed by atoms with Gasteiger partial charge >= 0.3 is 0 Å². The van der Waals surface area contributed by atoms with Crippen LogP contribution in [0.25, 0.3) is 0 Å². The van der Waals surface area contributed by atoms with Crippen LogP contribution in [0.15, 0.2) is 48.6 Å². The summed E-state index contributed by atoms with van der Waals surface area (Å²) in [5, 5.41) is 9.70. The predicted molar refractivity (Wildman–Crippen MR) is 101 cm³/mol. The van der Waals surface area contributed by atoms with Crippen LogP contribution in [0.4, 0.5) is 0 Å². The number of phenols is 1. The highest BCUT2D eigenvalue weighted by atomic mass is 16.5. The number of ether oxygens (including phenoxy) is 1. The first-order chi connectivity index (χ1) is 12.3. The van der Waals surface area contributed by atoms with Crippen molar-refractivity contribution in [1.29, 1.82) is 0 Å². The molecule has 4 rings (SSSR count). The first kappa shape index (κ1) is 16.9. The first-order valence-electron chi connectivity index (χ1n) is 9.76. The van der Waals surface area contributed by atoms with Crippen molar-refractivity contribution in [2.24, 2.45) is 11.8 Å². The Morgan fingerprint density at radius 3 is 2.48 bits per heavy atom. The van der Waals surface area contributed by atoms with Crippen molar-refractivity contribution < 1.29 is 9.84 Å². The van der Waals surface area contributed by atoms with Crippen LogP contribution in [0.5, 0.6) is 5.75 Å². The van der Waals surface area contributed by atoms with E-state index >= 15 is 0 Å². The lowest BCUT2D eigenvalue weighted by molar-refractivity contribution is -0.0628. The molecule has 2 heterocycles. The summed E-state index contributed by atoms with van der Waals surface area (Å²) in [6.45, 7) is 4.41. The third-order valence-electron chi connectivity index (χ3n) is 6.10. The van der Waals surface area contributed by atoms with Crippen LogP contribution in [0.2, 0.25) is 0 Å². The van der Waals surface area contributed by atoms with Gasteiger partial charge in [0.1, 0.15) is 5.75 Å². The molecule has 3 nitrogen and oxygen atoms in total. The summed E-state index contributed by atoms with van der Waals surface area (Å²) in [6.07, 6.45) is 14.5. The smallest absolute Gasteiger partial charge is 0.115 e. The van der Waals surface area contributed by atoms with Crippen molar-refractivity contribution in [1.82, 2.24) is 4.90 Å². The third kappa shape index (κ3) is 4.16. The number of likely N-dealkylation sites (tertiary alicyclic amines) is 1. The fraction of sp³-hybridized carbons (Fsp3) is 0.545. The van der Waals surface area contributed by atoms with Crippen molar-refractivity contribution in [3.63, 3.8) is 0 Å². The maximum absolute atomic E-state index is 9.70. The van der Waals surface area contributed by atoms with Gasteiger partial charge in [0.25, 0.3) is 0 Å². The van der Waals surface area contributed by atoms with Crippen molar-refractivity contribution >= 4 is 0 Å². The normalized spacial score (nSPS) is 30.3. The number of rotatable bonds is 5. The molecule has 1 N–H and O–H groups in total. The van der Waals surface area contributed by atoms with Crippen LogP contribution < -0.4 is 0 Å². The van der Waals surface area contributed by atoms with E-state index in [2.05, 4.69) is 35.3 Å². The zero-order valence-electron chi connectivity index (χ0n) is 14.9. The summed E-state index contributed by atoms with van der Waals surface area (Å²) >= 11 is 0. The summed E-state index contributed by atoms with van der Waals surface area (Å²) in [4.78, 5) is 2.63. The molecule has 0 aromatic heterocycles. The largest absolute Gasteiger partial charge is 0.508 e. The molecule has 0 saturated carbocycles. The molecule has 3 unspecified atom stereocenters. The molecule has 1 aromatic rings. The Hall–Kier alpha value is -1.58. The number of aromatic hydroxyl groups is 1. The van der Waals surface area contributed by atoms with Crippen molar-refractivity contribution in [2.45, 2.75) is 37.7 Å². The van der Waals surface area contributed by atoms with Gasteiger partial charge < -0.3 is 14.7 Å². The number of allylic oxidation sites excluding steroid dienone is 3. The van der Waals surface area contributed by atoms with Crippen molar-refractivity contribution in [2.75, 3.05) is 26.2 Å². The number of hydrogen-bond donors (Lipinski definition) is 1. The molecule has 0 amide bonds. The maximum Gasteiger partial charge on any atom is 0.115 e. The number of hydrogen-bond acceptors (Lipinski definition) is 3. The highest BCUT2D eigenvalue weighted by Crippen LogP contribution is 2.33. The molecular weight excluding hydrogens is 310 g/mol. The molecule has 25 heavy (non-hydrogen) atoms. The fourth-order valence-electron chi connectivity index (χ4n) is 4.45. The Balaban J connectivity index is 1.30. The molecule has 1 aromatic carbocycles. The number of benzene rings is 1. The SMILES string of the molecule is Oc1cccc(C2CCN(CC3C=CC=CC3CC3CCO3)CC2)c1. The van der Waals surface area contributed by atoms with Crippen LogP contribution in [0.3, 0.4) is 0 Å². The quantitative estimate of drug-likeness (QED) is 0.876. The van der Waals surface area contributed by atoms with E-state index < -0.39 is 0 Å². The second kappa shape index (κ2) is 7.76. The van der Waals surface area contributed by atoms with Crippen LogP contribution in [0, 0.1) is 11.8 Å². The molecular formula is C22H29NO2. The number of nitrogens with zero attached hydrogens (tertiary/aromatic N) is 1. The topological polar surface area (TPSA) is 32.7 Å². The molecule has 2 fully saturated rings. The first-order valence-corrected chi connectivity index (χ1v) is 9.76. The molecule has 0 radical (unpaired) electrons. The molecule has 3 atom stereocenters. The molecule has 3 heteroatoms. The van der Waals surface area contributed by atoms with Crippen LogP contribution >= 0.6 is 0 Å². The molecule has 134 valence electrons. The van der Waals surface area contributed by atoms with Gasteiger partial charge in [-0.05, 0) is 74.2 Å². The van der Waals surface area contributed by atoms with Gasteiger partial charge in [-0.2, -0.15) is 0 Å². The molecule has 0 bridgehead atoms. The van der Waals surface area contributed by atoms with Gasteiger partial charge in [0, 0.05) is 13.2 Å². The lowest BCUT2D eigenvalue weighted by Gasteiger charge is -2.37. The average Bonchev–Trinajstić information content (AvgIpc) is 2.60. The van der Waals surface area contributed by atoms with Gasteiger partial charge in [0.05, 0.1) is 6.10 Å². The molecule has 0 spiro atoms. The van der Waals surface area contributed by atoms with E-state index in [0.717, 1.165) is 26.2 Å². The van der Waals surface area contributed by atoms with Gasteiger partial charge in [-0.15, -0.1) is 0 Å². The van der Waals surface area contributed by atoms with Crippen molar-refractivity contribution in [3.05, 3.63) is 54.1 Å². The van der Waals surface area contributed by atoms with Gasteiger partial charge in [0.15, 0.2) is 0 Å². The summed E-state index contributed by atoms with van der Waals surface area (Å²) in [6, 6.07) is 7.81. The second-order valence-corrected chi connectivity index (χ2v) is 7.78. The standard InChI is InChI=1S/C22H29NO2/c24-21-7-3-6-18(14-21)17-8-11-23(12-9-17)16-20-5-2-1-4-19(20)15-22-10-13-25-22/h1-7,14,17,19-20,22,24H,8-13,15-16H2. The van der Waals surface area contributed by atoms with E-state index in [1.807, 2.05) is 12.1 Å². The summed E-state index contributed by atoms with van der Waals surface area (Å²) in [5.41, 5.74) is 1.29. The van der Waals surface area contributed by atoms with Gasteiger partial charge in [-0.3, -0.25) is 0 Å². The average molecular weight is 339 g/mol. The monoisotopic (exact) mass is 339 g/mol. The molecule has 2 aliphatic heterocycles. The summed E-state index contributed by atoms with van der Waals surface area (Å²) < 4.78 is 5.65. The highest BCUT2D eigenvalue weighted by molar-refractivity contribution is 5.30. The van der Waals surface area contributed by atoms with Crippen LogP contribution in [-0.2, 0) is 4.74 Å². The molecule has 1 aliphatic carbocycles. The predicted octanol–water partition coefficient (Wildman–Crippen LogP) is 4.11. The number of phenolic OH excluding ortho intramolecular Hbond substituents is 1. The fourth-order valence-corrected chi connectivity index (χ4v) is 4.45.